The van der Waals surface area contributed by atoms with Crippen molar-refractivity contribution in [3.63, 3.8) is 0 Å². The van der Waals surface area contributed by atoms with Crippen molar-refractivity contribution in [2.45, 2.75) is 73.1 Å². The van der Waals surface area contributed by atoms with Crippen LogP contribution in [0.1, 0.15) is 73.1 Å². The molecular weight excluding hydrogens is 216 g/mol. The molecule has 0 nitrogen and oxygen atoms in total. The topological polar surface area (TPSA) is 0 Å². The minimum Gasteiger partial charge on any atom is -0.0850 e. The van der Waals surface area contributed by atoms with Crippen LogP contribution < -0.4 is 0 Å². The van der Waals surface area contributed by atoms with Crippen molar-refractivity contribution >= 4 is 0 Å². The summed E-state index contributed by atoms with van der Waals surface area (Å²) in [5.41, 5.74) is 2.34. The molecule has 0 amide bonds. The summed E-state index contributed by atoms with van der Waals surface area (Å²) in [7, 11) is 0. The molecule has 2 rings (SSSR count). The third-order valence-electron chi connectivity index (χ3n) is 6.09. The van der Waals surface area contributed by atoms with Crippen LogP contribution in [0.15, 0.2) is 11.6 Å². The van der Waals surface area contributed by atoms with Gasteiger partial charge in [-0.3, -0.25) is 0 Å². The van der Waals surface area contributed by atoms with Crippen LogP contribution in [0.25, 0.3) is 0 Å². The molecule has 2 aliphatic rings. The molecule has 18 heavy (non-hydrogen) atoms. The van der Waals surface area contributed by atoms with Crippen LogP contribution in [0, 0.1) is 29.1 Å². The second-order valence-electron chi connectivity index (χ2n) is 7.84. The zero-order valence-electron chi connectivity index (χ0n) is 13.1. The summed E-state index contributed by atoms with van der Waals surface area (Å²) in [6.07, 6.45) is 11.1. The molecule has 104 valence electrons. The second-order valence-corrected chi connectivity index (χ2v) is 7.84. The van der Waals surface area contributed by atoms with Gasteiger partial charge in [0.05, 0.1) is 0 Å². The summed E-state index contributed by atoms with van der Waals surface area (Å²) in [4.78, 5) is 0. The first kappa shape index (κ1) is 14.2. The Labute approximate surface area is 114 Å². The highest BCUT2D eigenvalue weighted by Gasteiger charge is 2.38. The van der Waals surface area contributed by atoms with Gasteiger partial charge in [-0.25, -0.2) is 0 Å². The van der Waals surface area contributed by atoms with Crippen molar-refractivity contribution in [2.24, 2.45) is 29.1 Å². The Balaban J connectivity index is 1.97. The SMILES string of the molecule is CC1CC2=CCCCC2C1CCC(C)(C)C(C)C. The van der Waals surface area contributed by atoms with Gasteiger partial charge in [0.15, 0.2) is 0 Å². The van der Waals surface area contributed by atoms with Crippen LogP contribution >= 0.6 is 0 Å². The van der Waals surface area contributed by atoms with Crippen LogP contribution in [0.2, 0.25) is 0 Å². The van der Waals surface area contributed by atoms with E-state index in [1.54, 1.807) is 0 Å². The maximum Gasteiger partial charge on any atom is -0.0172 e. The van der Waals surface area contributed by atoms with Crippen LogP contribution in [-0.2, 0) is 0 Å². The largest absolute Gasteiger partial charge is 0.0850 e. The third kappa shape index (κ3) is 2.83. The normalized spacial score (nSPS) is 32.6. The van der Waals surface area contributed by atoms with Crippen LogP contribution in [-0.4, -0.2) is 0 Å². The zero-order chi connectivity index (χ0) is 13.3. The van der Waals surface area contributed by atoms with Gasteiger partial charge in [-0.1, -0.05) is 46.3 Å². The molecule has 0 spiro atoms. The predicted octanol–water partition coefficient (Wildman–Crippen LogP) is 5.83. The van der Waals surface area contributed by atoms with Crippen LogP contribution in [0.3, 0.4) is 0 Å². The molecule has 0 heteroatoms. The zero-order valence-corrected chi connectivity index (χ0v) is 13.1. The van der Waals surface area contributed by atoms with Crippen LogP contribution in [0.5, 0.6) is 0 Å². The maximum absolute atomic E-state index is 2.57. The number of allylic oxidation sites excluding steroid dienone is 2. The summed E-state index contributed by atoms with van der Waals surface area (Å²) in [6, 6.07) is 0. The third-order valence-corrected chi connectivity index (χ3v) is 6.09. The molecular formula is C18H32. The van der Waals surface area contributed by atoms with Gasteiger partial charge >= 0.3 is 0 Å². The summed E-state index contributed by atoms with van der Waals surface area (Å²) in [6.45, 7) is 12.2. The van der Waals surface area contributed by atoms with Gasteiger partial charge in [-0.2, -0.15) is 0 Å². The number of rotatable bonds is 4. The van der Waals surface area contributed by atoms with Crippen LogP contribution in [0.4, 0.5) is 0 Å². The van der Waals surface area contributed by atoms with Gasteiger partial charge in [0.1, 0.15) is 0 Å². The van der Waals surface area contributed by atoms with Gasteiger partial charge in [-0.05, 0) is 67.6 Å². The Morgan fingerprint density at radius 3 is 2.72 bits per heavy atom. The lowest BCUT2D eigenvalue weighted by Gasteiger charge is -2.33. The summed E-state index contributed by atoms with van der Waals surface area (Å²) in [5.74, 6) is 3.67. The molecule has 1 saturated carbocycles. The molecule has 1 fully saturated rings. The molecule has 2 aliphatic carbocycles. The molecule has 0 N–H and O–H groups in total. The fraction of sp³-hybridized carbons (Fsp3) is 0.889. The van der Waals surface area contributed by atoms with E-state index in [0.29, 0.717) is 5.41 Å². The van der Waals surface area contributed by atoms with E-state index in [2.05, 4.69) is 40.7 Å². The lowest BCUT2D eigenvalue weighted by Crippen LogP contribution is -2.23. The van der Waals surface area contributed by atoms with Gasteiger partial charge in [0.25, 0.3) is 0 Å². The molecule has 0 aromatic rings. The van der Waals surface area contributed by atoms with E-state index in [4.69, 9.17) is 0 Å². The quantitative estimate of drug-likeness (QED) is 0.549. The first-order valence-electron chi connectivity index (χ1n) is 8.10. The summed E-state index contributed by atoms with van der Waals surface area (Å²) in [5, 5.41) is 0. The molecule has 0 radical (unpaired) electrons. The lowest BCUT2D eigenvalue weighted by atomic mass is 9.72. The van der Waals surface area contributed by atoms with E-state index in [1.165, 1.54) is 38.5 Å². The highest BCUT2D eigenvalue weighted by atomic mass is 14.4. The van der Waals surface area contributed by atoms with Crippen molar-refractivity contribution in [2.75, 3.05) is 0 Å². The Morgan fingerprint density at radius 2 is 2.06 bits per heavy atom. The molecule has 0 aromatic heterocycles. The minimum absolute atomic E-state index is 0.515. The van der Waals surface area contributed by atoms with Crippen molar-refractivity contribution < 1.29 is 0 Å². The van der Waals surface area contributed by atoms with E-state index in [0.717, 1.165) is 23.7 Å². The van der Waals surface area contributed by atoms with Crippen molar-refractivity contribution in [3.05, 3.63) is 11.6 Å². The Hall–Kier alpha value is -0.260. The van der Waals surface area contributed by atoms with E-state index in [-0.39, 0.29) is 0 Å². The summed E-state index contributed by atoms with van der Waals surface area (Å²) < 4.78 is 0. The van der Waals surface area contributed by atoms with E-state index >= 15 is 0 Å². The van der Waals surface area contributed by atoms with Gasteiger partial charge in [0, 0.05) is 0 Å². The first-order chi connectivity index (χ1) is 8.42. The monoisotopic (exact) mass is 248 g/mol. The number of fused-ring (bicyclic) bond motifs is 1. The maximum atomic E-state index is 2.57. The molecule has 0 aromatic carbocycles. The first-order valence-corrected chi connectivity index (χ1v) is 8.10. The van der Waals surface area contributed by atoms with Crippen molar-refractivity contribution in [3.8, 4) is 0 Å². The average molecular weight is 248 g/mol. The smallest absolute Gasteiger partial charge is 0.0172 e. The van der Waals surface area contributed by atoms with Gasteiger partial charge in [0.2, 0.25) is 0 Å². The molecule has 0 bridgehead atoms. The van der Waals surface area contributed by atoms with E-state index < -0.39 is 0 Å². The number of hydrogen-bond donors (Lipinski definition) is 0. The standard InChI is InChI=1S/C18H32/c1-13(2)18(4,5)11-10-16-14(3)12-15-8-6-7-9-17(15)16/h8,13-14,16-17H,6-7,9-12H2,1-5H3. The van der Waals surface area contributed by atoms with E-state index in [1.807, 2.05) is 5.57 Å². The molecule has 0 saturated heterocycles. The predicted molar refractivity (Wildman–Crippen MR) is 80.5 cm³/mol. The van der Waals surface area contributed by atoms with Gasteiger partial charge < -0.3 is 0 Å². The van der Waals surface area contributed by atoms with Gasteiger partial charge in [-0.15, -0.1) is 0 Å². The van der Waals surface area contributed by atoms with Crippen molar-refractivity contribution in [1.29, 1.82) is 0 Å². The fourth-order valence-corrected chi connectivity index (χ4v) is 3.92. The highest BCUT2D eigenvalue weighted by molar-refractivity contribution is 5.17. The lowest BCUT2D eigenvalue weighted by molar-refractivity contribution is 0.183. The molecule has 0 aliphatic heterocycles. The van der Waals surface area contributed by atoms with Crippen molar-refractivity contribution in [1.82, 2.24) is 0 Å². The molecule has 3 unspecified atom stereocenters. The van der Waals surface area contributed by atoms with E-state index in [9.17, 15) is 0 Å². The molecule has 0 heterocycles. The average Bonchev–Trinajstić information content (AvgIpc) is 2.62. The Bertz CT molecular complexity index is 308. The molecule has 3 atom stereocenters. The number of hydrogen-bond acceptors (Lipinski definition) is 0. The Morgan fingerprint density at radius 1 is 1.33 bits per heavy atom. The Kier molecular flexibility index (Phi) is 4.24. The summed E-state index contributed by atoms with van der Waals surface area (Å²) >= 11 is 0. The minimum atomic E-state index is 0.515. The fourth-order valence-electron chi connectivity index (χ4n) is 3.92. The second kappa shape index (κ2) is 5.39. The highest BCUT2D eigenvalue weighted by Crippen LogP contribution is 2.49.